The highest BCUT2D eigenvalue weighted by Crippen LogP contribution is 1.98. The third-order valence-electron chi connectivity index (χ3n) is 1.02. The Morgan fingerprint density at radius 2 is 2.18 bits per heavy atom. The first kappa shape index (κ1) is 10.3. The van der Waals surface area contributed by atoms with Crippen LogP contribution in [0.3, 0.4) is 0 Å². The first-order valence-electron chi connectivity index (χ1n) is 3.12. The first-order valence-corrected chi connectivity index (χ1v) is 3.12. The fourth-order valence-electron chi connectivity index (χ4n) is 0.504. The first-order chi connectivity index (χ1) is 5.35. The molecule has 0 fully saturated rings. The summed E-state index contributed by atoms with van der Waals surface area (Å²) in [5.41, 5.74) is 0. The standard InChI is InChI=1S/C6H12O5/c1-8-4-3-6(9-2)11-10-5-7/h5-6H,3-4H2,1-2H3. The fraction of sp³-hybridized carbons (Fsp3) is 0.833. The Kier molecular flexibility index (Phi) is 7.02. The molecule has 66 valence electrons. The quantitative estimate of drug-likeness (QED) is 0.231. The Hall–Kier alpha value is -0.650. The lowest BCUT2D eigenvalue weighted by Crippen LogP contribution is -2.17. The topological polar surface area (TPSA) is 54.0 Å². The van der Waals surface area contributed by atoms with E-state index >= 15 is 0 Å². The van der Waals surface area contributed by atoms with Gasteiger partial charge in [0.25, 0.3) is 0 Å². The van der Waals surface area contributed by atoms with Gasteiger partial charge in [-0.2, -0.15) is 4.89 Å². The number of carbonyl (C=O) groups excluding carboxylic acids is 1. The molecule has 0 rings (SSSR count). The summed E-state index contributed by atoms with van der Waals surface area (Å²) in [7, 11) is 3.02. The summed E-state index contributed by atoms with van der Waals surface area (Å²) in [5.74, 6) is 0. The second-order valence-electron chi connectivity index (χ2n) is 1.74. The highest BCUT2D eigenvalue weighted by molar-refractivity contribution is 5.35. The molecule has 0 saturated carbocycles. The third-order valence-corrected chi connectivity index (χ3v) is 1.02. The lowest BCUT2D eigenvalue weighted by Gasteiger charge is -2.11. The summed E-state index contributed by atoms with van der Waals surface area (Å²) in [4.78, 5) is 18.2. The second-order valence-corrected chi connectivity index (χ2v) is 1.74. The molecule has 0 aromatic heterocycles. The Balaban J connectivity index is 3.32. The Morgan fingerprint density at radius 3 is 2.64 bits per heavy atom. The number of carbonyl (C=O) groups is 1. The van der Waals surface area contributed by atoms with Crippen molar-refractivity contribution in [2.45, 2.75) is 12.7 Å². The summed E-state index contributed by atoms with van der Waals surface area (Å²) in [6.45, 7) is 0.680. The minimum absolute atomic E-state index is 0.193. The average molecular weight is 164 g/mol. The Labute approximate surface area is 65.1 Å². The van der Waals surface area contributed by atoms with Crippen LogP contribution in [0.15, 0.2) is 0 Å². The van der Waals surface area contributed by atoms with Crippen molar-refractivity contribution < 1.29 is 24.0 Å². The number of hydrogen-bond donors (Lipinski definition) is 0. The van der Waals surface area contributed by atoms with Crippen LogP contribution in [-0.4, -0.2) is 33.6 Å². The molecule has 0 aromatic carbocycles. The molecule has 0 aliphatic heterocycles. The molecular formula is C6H12O5. The van der Waals surface area contributed by atoms with Crippen LogP contribution in [0, 0.1) is 0 Å². The van der Waals surface area contributed by atoms with Gasteiger partial charge >= 0.3 is 6.47 Å². The third kappa shape index (κ3) is 5.78. The minimum Gasteiger partial charge on any atom is -0.384 e. The molecule has 0 aliphatic rings. The van der Waals surface area contributed by atoms with Crippen LogP contribution in [0.4, 0.5) is 0 Å². The van der Waals surface area contributed by atoms with E-state index in [0.29, 0.717) is 13.0 Å². The molecule has 0 aromatic rings. The van der Waals surface area contributed by atoms with E-state index in [9.17, 15) is 4.79 Å². The zero-order chi connectivity index (χ0) is 8.53. The van der Waals surface area contributed by atoms with Crippen molar-refractivity contribution in [3.8, 4) is 0 Å². The van der Waals surface area contributed by atoms with Crippen molar-refractivity contribution in [3.63, 3.8) is 0 Å². The van der Waals surface area contributed by atoms with Crippen LogP contribution in [0.1, 0.15) is 6.42 Å². The van der Waals surface area contributed by atoms with Crippen molar-refractivity contribution in [1.82, 2.24) is 0 Å². The van der Waals surface area contributed by atoms with Gasteiger partial charge in [-0.1, -0.05) is 0 Å². The van der Waals surface area contributed by atoms with E-state index in [4.69, 9.17) is 9.47 Å². The van der Waals surface area contributed by atoms with E-state index in [0.717, 1.165) is 0 Å². The molecule has 0 aliphatic carbocycles. The van der Waals surface area contributed by atoms with E-state index in [1.54, 1.807) is 7.11 Å². The zero-order valence-electron chi connectivity index (χ0n) is 6.61. The molecule has 5 heteroatoms. The van der Waals surface area contributed by atoms with Gasteiger partial charge < -0.3 is 9.47 Å². The number of hydrogen-bond acceptors (Lipinski definition) is 5. The van der Waals surface area contributed by atoms with Gasteiger partial charge in [0.05, 0.1) is 6.61 Å². The van der Waals surface area contributed by atoms with Crippen molar-refractivity contribution >= 4 is 6.47 Å². The predicted molar refractivity (Wildman–Crippen MR) is 35.5 cm³/mol. The molecule has 0 amide bonds. The maximum atomic E-state index is 9.67. The van der Waals surface area contributed by atoms with Crippen LogP contribution in [0.5, 0.6) is 0 Å². The second kappa shape index (κ2) is 7.46. The largest absolute Gasteiger partial charge is 0.384 e. The molecule has 0 saturated heterocycles. The van der Waals surface area contributed by atoms with Gasteiger partial charge in [0.15, 0.2) is 0 Å². The summed E-state index contributed by atoms with van der Waals surface area (Å²) < 4.78 is 9.52. The van der Waals surface area contributed by atoms with E-state index in [2.05, 4.69) is 9.78 Å². The maximum absolute atomic E-state index is 9.67. The van der Waals surface area contributed by atoms with Crippen molar-refractivity contribution in [2.24, 2.45) is 0 Å². The zero-order valence-corrected chi connectivity index (χ0v) is 6.61. The molecule has 0 N–H and O–H groups in total. The smallest absolute Gasteiger partial charge is 0.330 e. The molecule has 0 spiro atoms. The Bertz CT molecular complexity index is 95.0. The number of ether oxygens (including phenoxy) is 2. The van der Waals surface area contributed by atoms with Gasteiger partial charge in [0.2, 0.25) is 6.29 Å². The van der Waals surface area contributed by atoms with Gasteiger partial charge in [0, 0.05) is 20.6 Å². The van der Waals surface area contributed by atoms with Gasteiger partial charge in [0.1, 0.15) is 0 Å². The molecule has 0 radical (unpaired) electrons. The molecule has 0 heterocycles. The average Bonchev–Trinajstić information content (AvgIpc) is 2.05. The van der Waals surface area contributed by atoms with Crippen molar-refractivity contribution in [2.75, 3.05) is 20.8 Å². The minimum atomic E-state index is -0.555. The highest BCUT2D eigenvalue weighted by atomic mass is 17.2. The number of methoxy groups -OCH3 is 2. The van der Waals surface area contributed by atoms with E-state index in [-0.39, 0.29) is 6.47 Å². The van der Waals surface area contributed by atoms with Crippen molar-refractivity contribution in [3.05, 3.63) is 0 Å². The lowest BCUT2D eigenvalue weighted by molar-refractivity contribution is -0.341. The van der Waals surface area contributed by atoms with E-state index in [1.165, 1.54) is 7.11 Å². The maximum Gasteiger partial charge on any atom is 0.330 e. The van der Waals surface area contributed by atoms with Crippen LogP contribution in [0.2, 0.25) is 0 Å². The van der Waals surface area contributed by atoms with Crippen LogP contribution in [-0.2, 0) is 24.0 Å². The molecule has 1 atom stereocenters. The van der Waals surface area contributed by atoms with Gasteiger partial charge in [-0.3, -0.25) is 9.68 Å². The summed E-state index contributed by atoms with van der Waals surface area (Å²) >= 11 is 0. The van der Waals surface area contributed by atoms with Gasteiger partial charge in [-0.15, -0.1) is 0 Å². The molecule has 5 nitrogen and oxygen atoms in total. The van der Waals surface area contributed by atoms with Crippen LogP contribution < -0.4 is 0 Å². The Morgan fingerprint density at radius 1 is 1.45 bits per heavy atom. The fourth-order valence-corrected chi connectivity index (χ4v) is 0.504. The van der Waals surface area contributed by atoms with Crippen LogP contribution in [0.25, 0.3) is 0 Å². The monoisotopic (exact) mass is 164 g/mol. The normalized spacial score (nSPS) is 12.5. The summed E-state index contributed by atoms with van der Waals surface area (Å²) in [6, 6.07) is 0. The van der Waals surface area contributed by atoms with Gasteiger partial charge in [-0.05, 0) is 0 Å². The highest BCUT2D eigenvalue weighted by Gasteiger charge is 2.07. The molecule has 1 unspecified atom stereocenters. The van der Waals surface area contributed by atoms with Gasteiger partial charge in [-0.25, -0.2) is 0 Å². The van der Waals surface area contributed by atoms with E-state index in [1.807, 2.05) is 0 Å². The molecule has 0 bridgehead atoms. The number of rotatable bonds is 7. The van der Waals surface area contributed by atoms with Crippen molar-refractivity contribution in [1.29, 1.82) is 0 Å². The predicted octanol–water partition coefficient (Wildman–Crippen LogP) is 0.1000. The molecule has 11 heavy (non-hydrogen) atoms. The van der Waals surface area contributed by atoms with Crippen LogP contribution >= 0.6 is 0 Å². The SMILES string of the molecule is COCCC(OC)OOC=O. The molecular weight excluding hydrogens is 152 g/mol. The lowest BCUT2D eigenvalue weighted by atomic mass is 10.4. The van der Waals surface area contributed by atoms with E-state index < -0.39 is 6.29 Å². The summed E-state index contributed by atoms with van der Waals surface area (Å²) in [6.07, 6.45) is -0.0407. The summed E-state index contributed by atoms with van der Waals surface area (Å²) in [5, 5.41) is 0.